The molecule has 0 spiro atoms. The van der Waals surface area contributed by atoms with Gasteiger partial charge in [0.05, 0.1) is 12.5 Å². The molecule has 0 saturated heterocycles. The van der Waals surface area contributed by atoms with Crippen molar-refractivity contribution in [3.8, 4) is 0 Å². The van der Waals surface area contributed by atoms with E-state index in [0.717, 1.165) is 28.7 Å². The highest BCUT2D eigenvalue weighted by atomic mass is 19.1. The lowest BCUT2D eigenvalue weighted by Crippen LogP contribution is -2.40. The first kappa shape index (κ1) is 19.7. The van der Waals surface area contributed by atoms with Crippen molar-refractivity contribution in [3.05, 3.63) is 65.2 Å². The number of rotatable bonds is 5. The fourth-order valence-corrected chi connectivity index (χ4v) is 4.94. The maximum absolute atomic E-state index is 13.7. The average molecular weight is 421 g/mol. The van der Waals surface area contributed by atoms with E-state index in [0.29, 0.717) is 38.9 Å². The lowest BCUT2D eigenvalue weighted by Gasteiger charge is -2.35. The van der Waals surface area contributed by atoms with E-state index in [-0.39, 0.29) is 23.6 Å². The fourth-order valence-electron chi connectivity index (χ4n) is 4.94. The first-order valence-corrected chi connectivity index (χ1v) is 10.7. The van der Waals surface area contributed by atoms with E-state index in [4.69, 9.17) is 5.11 Å². The van der Waals surface area contributed by atoms with Gasteiger partial charge in [-0.25, -0.2) is 9.37 Å². The van der Waals surface area contributed by atoms with Crippen LogP contribution in [0.15, 0.2) is 42.6 Å². The molecule has 1 aromatic carbocycles. The van der Waals surface area contributed by atoms with Crippen LogP contribution >= 0.6 is 0 Å². The Morgan fingerprint density at radius 2 is 2.03 bits per heavy atom. The fraction of sp³-hybridized carbons (Fsp3) is 0.375. The van der Waals surface area contributed by atoms with Crippen LogP contribution < -0.4 is 0 Å². The molecule has 1 N–H and O–H groups in total. The lowest BCUT2D eigenvalue weighted by molar-refractivity contribution is -0.148. The molecule has 1 fully saturated rings. The maximum Gasteiger partial charge on any atom is 0.306 e. The number of aromatic nitrogens is 2. The van der Waals surface area contributed by atoms with Gasteiger partial charge in [-0.05, 0) is 60.6 Å². The maximum atomic E-state index is 13.7. The SMILES string of the molecule is O=C(C[C@H]1C[C@@H](C(=O)O)C1)N1CCc2c(n(Cc3cccc(F)c3)c3ncccc23)C1. The first-order valence-electron chi connectivity index (χ1n) is 10.7. The van der Waals surface area contributed by atoms with Crippen LogP contribution in [0.3, 0.4) is 0 Å². The van der Waals surface area contributed by atoms with Crippen molar-refractivity contribution in [3.63, 3.8) is 0 Å². The molecule has 1 aliphatic heterocycles. The van der Waals surface area contributed by atoms with Crippen molar-refractivity contribution < 1.29 is 19.1 Å². The molecule has 31 heavy (non-hydrogen) atoms. The zero-order valence-corrected chi connectivity index (χ0v) is 17.1. The van der Waals surface area contributed by atoms with Gasteiger partial charge < -0.3 is 14.6 Å². The predicted molar refractivity (Wildman–Crippen MR) is 113 cm³/mol. The number of carbonyl (C=O) groups excluding carboxylic acids is 1. The normalized spacial score (nSPS) is 20.4. The molecule has 3 aromatic rings. The lowest BCUT2D eigenvalue weighted by atomic mass is 9.73. The number of hydrogen-bond donors (Lipinski definition) is 1. The number of benzene rings is 1. The predicted octanol–water partition coefficient (Wildman–Crippen LogP) is 3.61. The summed E-state index contributed by atoms with van der Waals surface area (Å²) >= 11 is 0. The van der Waals surface area contributed by atoms with Gasteiger partial charge in [0.25, 0.3) is 0 Å². The summed E-state index contributed by atoms with van der Waals surface area (Å²) in [6.07, 6.45) is 4.09. The van der Waals surface area contributed by atoms with Crippen LogP contribution in [0.4, 0.5) is 4.39 Å². The molecule has 0 bridgehead atoms. The zero-order valence-electron chi connectivity index (χ0n) is 17.1. The van der Waals surface area contributed by atoms with E-state index < -0.39 is 5.97 Å². The minimum Gasteiger partial charge on any atom is -0.481 e. The Balaban J connectivity index is 1.39. The third kappa shape index (κ3) is 3.69. The van der Waals surface area contributed by atoms with Crippen LogP contribution in [-0.4, -0.2) is 38.0 Å². The van der Waals surface area contributed by atoms with Crippen molar-refractivity contribution >= 4 is 22.9 Å². The number of carboxylic acid groups (broad SMARTS) is 1. The largest absolute Gasteiger partial charge is 0.481 e. The molecule has 3 heterocycles. The second-order valence-electron chi connectivity index (χ2n) is 8.66. The van der Waals surface area contributed by atoms with Gasteiger partial charge in [0.1, 0.15) is 11.5 Å². The van der Waals surface area contributed by atoms with E-state index in [1.807, 2.05) is 17.0 Å². The smallest absolute Gasteiger partial charge is 0.306 e. The van der Waals surface area contributed by atoms with Crippen molar-refractivity contribution in [1.82, 2.24) is 14.5 Å². The monoisotopic (exact) mass is 421 g/mol. The summed E-state index contributed by atoms with van der Waals surface area (Å²) < 4.78 is 15.8. The number of amides is 1. The highest BCUT2D eigenvalue weighted by Gasteiger charge is 2.37. The summed E-state index contributed by atoms with van der Waals surface area (Å²) in [7, 11) is 0. The zero-order chi connectivity index (χ0) is 21.5. The highest BCUT2D eigenvalue weighted by Crippen LogP contribution is 2.37. The number of fused-ring (bicyclic) bond motifs is 3. The van der Waals surface area contributed by atoms with Crippen LogP contribution in [-0.2, 0) is 29.1 Å². The number of nitrogens with zero attached hydrogens (tertiary/aromatic N) is 3. The molecule has 6 nitrogen and oxygen atoms in total. The Labute approximate surface area is 179 Å². The number of pyridine rings is 1. The number of carboxylic acids is 1. The van der Waals surface area contributed by atoms with Crippen LogP contribution in [0.5, 0.6) is 0 Å². The molecule has 160 valence electrons. The summed E-state index contributed by atoms with van der Waals surface area (Å²) in [5, 5.41) is 10.1. The highest BCUT2D eigenvalue weighted by molar-refractivity contribution is 5.84. The molecule has 5 rings (SSSR count). The van der Waals surface area contributed by atoms with Gasteiger partial charge in [0, 0.05) is 36.8 Å². The molecular weight excluding hydrogens is 397 g/mol. The van der Waals surface area contributed by atoms with Gasteiger partial charge in [-0.1, -0.05) is 12.1 Å². The van der Waals surface area contributed by atoms with Crippen LogP contribution in [0.1, 0.15) is 36.1 Å². The van der Waals surface area contributed by atoms with E-state index in [2.05, 4.69) is 15.6 Å². The van der Waals surface area contributed by atoms with Crippen molar-refractivity contribution in [2.75, 3.05) is 6.54 Å². The number of aliphatic carboxylic acids is 1. The summed E-state index contributed by atoms with van der Waals surface area (Å²) in [6, 6.07) is 10.5. The Morgan fingerprint density at radius 3 is 2.81 bits per heavy atom. The Bertz CT molecular complexity index is 1170. The topological polar surface area (TPSA) is 75.4 Å². The van der Waals surface area contributed by atoms with E-state index in [1.54, 1.807) is 12.3 Å². The van der Waals surface area contributed by atoms with Gasteiger partial charge in [-0.3, -0.25) is 9.59 Å². The van der Waals surface area contributed by atoms with Crippen molar-refractivity contribution in [2.24, 2.45) is 11.8 Å². The molecule has 7 heteroatoms. The van der Waals surface area contributed by atoms with Crippen LogP contribution in [0.2, 0.25) is 0 Å². The third-order valence-electron chi connectivity index (χ3n) is 6.64. The van der Waals surface area contributed by atoms with E-state index >= 15 is 0 Å². The third-order valence-corrected chi connectivity index (χ3v) is 6.64. The molecule has 0 unspecified atom stereocenters. The van der Waals surface area contributed by atoms with Gasteiger partial charge in [0.15, 0.2) is 0 Å². The van der Waals surface area contributed by atoms with Gasteiger partial charge in [-0.2, -0.15) is 0 Å². The number of halogens is 1. The summed E-state index contributed by atoms with van der Waals surface area (Å²) in [6.45, 7) is 1.63. The standard InChI is InChI=1S/C24H24FN3O3/c25-18-4-1-3-15(11-18)13-28-21-14-27(22(29)12-16-9-17(10-16)24(30)31)8-6-19(21)20-5-2-7-26-23(20)28/h1-5,7,11,16-17H,6,8-10,12-14H2,(H,30,31)/t16-,17+. The van der Waals surface area contributed by atoms with Crippen molar-refractivity contribution in [2.45, 2.75) is 38.8 Å². The molecule has 0 radical (unpaired) electrons. The van der Waals surface area contributed by atoms with Crippen molar-refractivity contribution in [1.29, 1.82) is 0 Å². The molecule has 1 saturated carbocycles. The van der Waals surface area contributed by atoms with Crippen LogP contribution in [0, 0.1) is 17.7 Å². The van der Waals surface area contributed by atoms with Gasteiger partial charge >= 0.3 is 5.97 Å². The summed E-state index contributed by atoms with van der Waals surface area (Å²) in [4.78, 5) is 30.4. The number of hydrogen-bond acceptors (Lipinski definition) is 3. The van der Waals surface area contributed by atoms with Gasteiger partial charge in [0.2, 0.25) is 5.91 Å². The summed E-state index contributed by atoms with van der Waals surface area (Å²) in [5.74, 6) is -1.09. The molecular formula is C24H24FN3O3. The van der Waals surface area contributed by atoms with E-state index in [1.165, 1.54) is 17.7 Å². The quantitative estimate of drug-likeness (QED) is 0.683. The average Bonchev–Trinajstić information content (AvgIpc) is 3.03. The second kappa shape index (κ2) is 7.80. The Morgan fingerprint density at radius 1 is 1.19 bits per heavy atom. The molecule has 2 aromatic heterocycles. The molecule has 0 atom stereocenters. The first-order chi connectivity index (χ1) is 15.0. The van der Waals surface area contributed by atoms with E-state index in [9.17, 15) is 14.0 Å². The molecule has 1 aliphatic carbocycles. The second-order valence-corrected chi connectivity index (χ2v) is 8.66. The Kier molecular flexibility index (Phi) is 4.96. The summed E-state index contributed by atoms with van der Waals surface area (Å²) in [5.41, 5.74) is 3.96. The van der Waals surface area contributed by atoms with Gasteiger partial charge in [-0.15, -0.1) is 0 Å². The minimum absolute atomic E-state index is 0.0787. The Hall–Kier alpha value is -3.22. The minimum atomic E-state index is -0.763. The molecule has 2 aliphatic rings. The van der Waals surface area contributed by atoms with Crippen LogP contribution in [0.25, 0.3) is 11.0 Å². The number of carbonyl (C=O) groups is 2. The molecule has 1 amide bonds.